The Morgan fingerprint density at radius 2 is 1.89 bits per heavy atom. The lowest BCUT2D eigenvalue weighted by atomic mass is 10.1. The van der Waals surface area contributed by atoms with Gasteiger partial charge < -0.3 is 14.4 Å². The summed E-state index contributed by atoms with van der Waals surface area (Å²) >= 11 is 0. The van der Waals surface area contributed by atoms with Crippen molar-refractivity contribution in [1.82, 2.24) is 4.57 Å². The first-order valence-corrected chi connectivity index (χ1v) is 5.80. The van der Waals surface area contributed by atoms with Crippen LogP contribution in [-0.2, 0) is 9.53 Å². The Kier molecular flexibility index (Phi) is 3.79. The maximum atomic E-state index is 11.4. The molecule has 0 saturated carbocycles. The second-order valence-electron chi connectivity index (χ2n) is 3.84. The third-order valence-electron chi connectivity index (χ3n) is 2.62. The van der Waals surface area contributed by atoms with Gasteiger partial charge in [0.15, 0.2) is 6.10 Å². The zero-order chi connectivity index (χ0) is 13.0. The lowest BCUT2D eigenvalue weighted by molar-refractivity contribution is -0.153. The van der Waals surface area contributed by atoms with Crippen LogP contribution in [0.3, 0.4) is 0 Å². The summed E-state index contributed by atoms with van der Waals surface area (Å²) in [7, 11) is 0. The number of aromatic nitrogens is 1. The van der Waals surface area contributed by atoms with E-state index in [0.29, 0.717) is 5.56 Å². The summed E-state index contributed by atoms with van der Waals surface area (Å²) < 4.78 is 6.71. The van der Waals surface area contributed by atoms with Gasteiger partial charge in [-0.05, 0) is 36.8 Å². The van der Waals surface area contributed by atoms with E-state index in [1.54, 1.807) is 19.1 Å². The molecule has 0 saturated heterocycles. The lowest BCUT2D eigenvalue weighted by Gasteiger charge is -2.10. The fourth-order valence-corrected chi connectivity index (χ4v) is 1.69. The van der Waals surface area contributed by atoms with E-state index < -0.39 is 12.1 Å². The van der Waals surface area contributed by atoms with Gasteiger partial charge in [0, 0.05) is 18.1 Å². The summed E-state index contributed by atoms with van der Waals surface area (Å²) in [4.78, 5) is 11.4. The fourth-order valence-electron chi connectivity index (χ4n) is 1.69. The van der Waals surface area contributed by atoms with Crippen molar-refractivity contribution in [2.45, 2.75) is 13.0 Å². The summed E-state index contributed by atoms with van der Waals surface area (Å²) in [6, 6.07) is 11.0. The Morgan fingerprint density at radius 1 is 1.28 bits per heavy atom. The van der Waals surface area contributed by atoms with Crippen molar-refractivity contribution in [3.05, 3.63) is 54.4 Å². The summed E-state index contributed by atoms with van der Waals surface area (Å²) in [5.74, 6) is -0.619. The first-order chi connectivity index (χ1) is 8.72. The summed E-state index contributed by atoms with van der Waals surface area (Å²) in [6.07, 6.45) is 2.64. The van der Waals surface area contributed by atoms with E-state index >= 15 is 0 Å². The van der Waals surface area contributed by atoms with Crippen molar-refractivity contribution in [1.29, 1.82) is 0 Å². The number of aliphatic hydroxyl groups is 1. The molecule has 2 aromatic rings. The maximum Gasteiger partial charge on any atom is 0.339 e. The normalized spacial score (nSPS) is 12.1. The number of aliphatic hydroxyl groups excluding tert-OH is 1. The van der Waals surface area contributed by atoms with Gasteiger partial charge in [-0.3, -0.25) is 0 Å². The molecular weight excluding hydrogens is 230 g/mol. The zero-order valence-corrected chi connectivity index (χ0v) is 10.1. The number of carbonyl (C=O) groups excluding carboxylic acids is 1. The van der Waals surface area contributed by atoms with Crippen LogP contribution in [0.25, 0.3) is 5.69 Å². The molecule has 0 bridgehead atoms. The van der Waals surface area contributed by atoms with Crippen LogP contribution in [0.15, 0.2) is 48.8 Å². The third kappa shape index (κ3) is 2.60. The molecule has 0 fully saturated rings. The van der Waals surface area contributed by atoms with E-state index in [1.165, 1.54) is 0 Å². The van der Waals surface area contributed by atoms with Gasteiger partial charge in [-0.1, -0.05) is 12.1 Å². The second-order valence-corrected chi connectivity index (χ2v) is 3.84. The van der Waals surface area contributed by atoms with E-state index in [2.05, 4.69) is 0 Å². The van der Waals surface area contributed by atoms with Crippen molar-refractivity contribution in [3.8, 4) is 5.69 Å². The monoisotopic (exact) mass is 245 g/mol. The molecular formula is C14H15NO3. The smallest absolute Gasteiger partial charge is 0.339 e. The molecule has 1 aromatic heterocycles. The van der Waals surface area contributed by atoms with E-state index in [4.69, 9.17) is 4.74 Å². The number of hydrogen-bond donors (Lipinski definition) is 1. The average Bonchev–Trinajstić information content (AvgIpc) is 2.92. The van der Waals surface area contributed by atoms with Crippen LogP contribution in [0.2, 0.25) is 0 Å². The van der Waals surface area contributed by atoms with Crippen LogP contribution in [-0.4, -0.2) is 22.2 Å². The molecule has 1 aromatic carbocycles. The molecule has 18 heavy (non-hydrogen) atoms. The molecule has 0 amide bonds. The van der Waals surface area contributed by atoms with Gasteiger partial charge in [0.1, 0.15) is 0 Å². The maximum absolute atomic E-state index is 11.4. The highest BCUT2D eigenvalue weighted by Crippen LogP contribution is 2.17. The van der Waals surface area contributed by atoms with Gasteiger partial charge in [0.25, 0.3) is 0 Å². The molecule has 1 heterocycles. The van der Waals surface area contributed by atoms with Gasteiger partial charge in [-0.25, -0.2) is 4.79 Å². The number of nitrogens with zero attached hydrogens (tertiary/aromatic N) is 1. The number of esters is 1. The SMILES string of the molecule is CCOC(=O)[C@H](O)c1ccc(-n2cccc2)cc1. The molecule has 0 spiro atoms. The Balaban J connectivity index is 2.15. The van der Waals surface area contributed by atoms with E-state index in [-0.39, 0.29) is 6.61 Å². The highest BCUT2D eigenvalue weighted by molar-refractivity contribution is 5.76. The number of carbonyl (C=O) groups is 1. The van der Waals surface area contributed by atoms with E-state index in [9.17, 15) is 9.90 Å². The van der Waals surface area contributed by atoms with Crippen molar-refractivity contribution in [2.24, 2.45) is 0 Å². The first kappa shape index (κ1) is 12.4. The largest absolute Gasteiger partial charge is 0.464 e. The quantitative estimate of drug-likeness (QED) is 0.839. The Labute approximate surface area is 105 Å². The van der Waals surface area contributed by atoms with Gasteiger partial charge in [-0.15, -0.1) is 0 Å². The summed E-state index contributed by atoms with van der Waals surface area (Å²) in [5.41, 5.74) is 1.50. The van der Waals surface area contributed by atoms with Crippen molar-refractivity contribution in [3.63, 3.8) is 0 Å². The van der Waals surface area contributed by atoms with Crippen molar-refractivity contribution in [2.75, 3.05) is 6.61 Å². The minimum atomic E-state index is -1.22. The minimum absolute atomic E-state index is 0.261. The molecule has 0 aliphatic heterocycles. The number of hydrogen-bond acceptors (Lipinski definition) is 3. The van der Waals surface area contributed by atoms with Crippen LogP contribution in [0.4, 0.5) is 0 Å². The first-order valence-electron chi connectivity index (χ1n) is 5.80. The standard InChI is InChI=1S/C14H15NO3/c1-2-18-14(17)13(16)11-5-7-12(8-6-11)15-9-3-4-10-15/h3-10,13,16H,2H2,1H3/t13-/m1/s1. The molecule has 94 valence electrons. The lowest BCUT2D eigenvalue weighted by Crippen LogP contribution is -2.15. The highest BCUT2D eigenvalue weighted by atomic mass is 16.5. The predicted octanol–water partition coefficient (Wildman–Crippen LogP) is 2.07. The molecule has 4 heteroatoms. The molecule has 1 N–H and O–H groups in total. The predicted molar refractivity (Wildman–Crippen MR) is 67.4 cm³/mol. The van der Waals surface area contributed by atoms with Crippen molar-refractivity contribution >= 4 is 5.97 Å². The molecule has 4 nitrogen and oxygen atoms in total. The van der Waals surface area contributed by atoms with Gasteiger partial charge >= 0.3 is 5.97 Å². The van der Waals surface area contributed by atoms with Crippen LogP contribution < -0.4 is 0 Å². The Bertz CT molecular complexity index is 502. The number of ether oxygens (including phenoxy) is 1. The van der Waals surface area contributed by atoms with Crippen molar-refractivity contribution < 1.29 is 14.6 Å². The number of benzene rings is 1. The molecule has 0 aliphatic carbocycles. The van der Waals surface area contributed by atoms with E-state index in [1.807, 2.05) is 41.2 Å². The van der Waals surface area contributed by atoms with Crippen LogP contribution in [0.1, 0.15) is 18.6 Å². The molecule has 2 rings (SSSR count). The van der Waals surface area contributed by atoms with Gasteiger partial charge in [0.05, 0.1) is 6.61 Å². The van der Waals surface area contributed by atoms with Crippen LogP contribution in [0, 0.1) is 0 Å². The highest BCUT2D eigenvalue weighted by Gasteiger charge is 2.18. The molecule has 0 radical (unpaired) electrons. The third-order valence-corrected chi connectivity index (χ3v) is 2.62. The zero-order valence-electron chi connectivity index (χ0n) is 10.1. The fraction of sp³-hybridized carbons (Fsp3) is 0.214. The van der Waals surface area contributed by atoms with Crippen LogP contribution in [0.5, 0.6) is 0 Å². The Morgan fingerprint density at radius 3 is 2.44 bits per heavy atom. The minimum Gasteiger partial charge on any atom is -0.464 e. The molecule has 1 atom stereocenters. The number of rotatable bonds is 4. The van der Waals surface area contributed by atoms with Gasteiger partial charge in [0.2, 0.25) is 0 Å². The molecule has 0 unspecified atom stereocenters. The second kappa shape index (κ2) is 5.51. The molecule has 0 aliphatic rings. The van der Waals surface area contributed by atoms with E-state index in [0.717, 1.165) is 5.69 Å². The van der Waals surface area contributed by atoms with Crippen LogP contribution >= 0.6 is 0 Å². The van der Waals surface area contributed by atoms with Gasteiger partial charge in [-0.2, -0.15) is 0 Å². The topological polar surface area (TPSA) is 51.5 Å². The Hall–Kier alpha value is -2.07. The average molecular weight is 245 g/mol. The summed E-state index contributed by atoms with van der Waals surface area (Å²) in [5, 5.41) is 9.76. The summed E-state index contributed by atoms with van der Waals surface area (Å²) in [6.45, 7) is 1.97.